The monoisotopic (exact) mass is 188 g/mol. The number of aromatic nitrogens is 1. The SMILES string of the molecule is CCOc1cccc(C2(C#N)CC2)n1. The van der Waals surface area contributed by atoms with Crippen molar-refractivity contribution in [3.05, 3.63) is 23.9 Å². The van der Waals surface area contributed by atoms with E-state index < -0.39 is 0 Å². The molecule has 0 aliphatic heterocycles. The Morgan fingerprint density at radius 1 is 1.57 bits per heavy atom. The van der Waals surface area contributed by atoms with Gasteiger partial charge in [0.05, 0.1) is 23.8 Å². The van der Waals surface area contributed by atoms with Crippen molar-refractivity contribution in [2.45, 2.75) is 25.2 Å². The molecule has 0 amide bonds. The lowest BCUT2D eigenvalue weighted by Gasteiger charge is -2.07. The lowest BCUT2D eigenvalue weighted by Crippen LogP contribution is -2.06. The van der Waals surface area contributed by atoms with Gasteiger partial charge in [0.1, 0.15) is 0 Å². The van der Waals surface area contributed by atoms with Crippen molar-refractivity contribution >= 4 is 0 Å². The zero-order chi connectivity index (χ0) is 10.0. The predicted molar refractivity (Wildman–Crippen MR) is 51.9 cm³/mol. The minimum atomic E-state index is -0.312. The molecule has 2 rings (SSSR count). The lowest BCUT2D eigenvalue weighted by molar-refractivity contribution is 0.325. The van der Waals surface area contributed by atoms with Crippen LogP contribution in [0.2, 0.25) is 0 Å². The Hall–Kier alpha value is -1.56. The summed E-state index contributed by atoms with van der Waals surface area (Å²) in [5.74, 6) is 0.617. The summed E-state index contributed by atoms with van der Waals surface area (Å²) in [6.07, 6.45) is 1.85. The van der Waals surface area contributed by atoms with Crippen LogP contribution in [-0.4, -0.2) is 11.6 Å². The van der Waals surface area contributed by atoms with E-state index in [1.807, 2.05) is 25.1 Å². The third-order valence-electron chi connectivity index (χ3n) is 2.47. The van der Waals surface area contributed by atoms with Crippen LogP contribution in [0.1, 0.15) is 25.5 Å². The van der Waals surface area contributed by atoms with Crippen LogP contribution < -0.4 is 4.74 Å². The fourth-order valence-corrected chi connectivity index (χ4v) is 1.46. The molecule has 0 atom stereocenters. The van der Waals surface area contributed by atoms with Crippen LogP contribution in [0.5, 0.6) is 5.88 Å². The number of nitrogens with zero attached hydrogens (tertiary/aromatic N) is 2. The summed E-state index contributed by atoms with van der Waals surface area (Å²) in [7, 11) is 0. The molecule has 0 bridgehead atoms. The Morgan fingerprint density at radius 3 is 2.93 bits per heavy atom. The van der Waals surface area contributed by atoms with Crippen molar-refractivity contribution in [3.63, 3.8) is 0 Å². The van der Waals surface area contributed by atoms with Gasteiger partial charge in [0.15, 0.2) is 0 Å². The molecular formula is C11H12N2O. The fourth-order valence-electron chi connectivity index (χ4n) is 1.46. The molecule has 72 valence electrons. The zero-order valence-electron chi connectivity index (χ0n) is 8.16. The van der Waals surface area contributed by atoms with Crippen LogP contribution in [0.3, 0.4) is 0 Å². The highest BCUT2D eigenvalue weighted by molar-refractivity contribution is 5.35. The molecule has 1 fully saturated rings. The smallest absolute Gasteiger partial charge is 0.213 e. The fraction of sp³-hybridized carbons (Fsp3) is 0.455. The van der Waals surface area contributed by atoms with Crippen LogP contribution >= 0.6 is 0 Å². The number of rotatable bonds is 3. The van der Waals surface area contributed by atoms with Gasteiger partial charge in [0.25, 0.3) is 0 Å². The summed E-state index contributed by atoms with van der Waals surface area (Å²) in [6, 6.07) is 7.93. The molecule has 1 aromatic rings. The van der Waals surface area contributed by atoms with E-state index >= 15 is 0 Å². The molecule has 1 heterocycles. The Bertz CT molecular complexity index is 377. The summed E-state index contributed by atoms with van der Waals surface area (Å²) >= 11 is 0. The highest BCUT2D eigenvalue weighted by atomic mass is 16.5. The number of pyridine rings is 1. The van der Waals surface area contributed by atoms with Gasteiger partial charge in [-0.15, -0.1) is 0 Å². The molecule has 1 aliphatic rings. The van der Waals surface area contributed by atoms with Gasteiger partial charge in [-0.05, 0) is 25.8 Å². The van der Waals surface area contributed by atoms with E-state index in [2.05, 4.69) is 11.1 Å². The third kappa shape index (κ3) is 1.44. The number of hydrogen-bond donors (Lipinski definition) is 0. The van der Waals surface area contributed by atoms with Crippen molar-refractivity contribution in [3.8, 4) is 11.9 Å². The average Bonchev–Trinajstić information content (AvgIpc) is 2.99. The molecule has 0 radical (unpaired) electrons. The van der Waals surface area contributed by atoms with Gasteiger partial charge in [-0.1, -0.05) is 6.07 Å². The predicted octanol–water partition coefficient (Wildman–Crippen LogP) is 2.04. The normalized spacial score (nSPS) is 17.1. The summed E-state index contributed by atoms with van der Waals surface area (Å²) in [4.78, 5) is 4.32. The molecule has 3 heteroatoms. The first-order valence-electron chi connectivity index (χ1n) is 4.82. The summed E-state index contributed by atoms with van der Waals surface area (Å²) in [5, 5.41) is 9.00. The minimum absolute atomic E-state index is 0.312. The van der Waals surface area contributed by atoms with Crippen LogP contribution in [0.4, 0.5) is 0 Å². The van der Waals surface area contributed by atoms with Crippen LogP contribution in [0.15, 0.2) is 18.2 Å². The third-order valence-corrected chi connectivity index (χ3v) is 2.47. The number of ether oxygens (including phenoxy) is 1. The molecular weight excluding hydrogens is 176 g/mol. The molecule has 0 saturated heterocycles. The molecule has 3 nitrogen and oxygen atoms in total. The molecule has 0 unspecified atom stereocenters. The first kappa shape index (κ1) is 9.01. The maximum atomic E-state index is 9.00. The summed E-state index contributed by atoms with van der Waals surface area (Å²) in [5.41, 5.74) is 0.540. The van der Waals surface area contributed by atoms with E-state index in [0.29, 0.717) is 12.5 Å². The molecule has 0 spiro atoms. The van der Waals surface area contributed by atoms with E-state index in [-0.39, 0.29) is 5.41 Å². The Morgan fingerprint density at radius 2 is 2.36 bits per heavy atom. The van der Waals surface area contributed by atoms with Crippen molar-refractivity contribution in [1.82, 2.24) is 4.98 Å². The zero-order valence-corrected chi connectivity index (χ0v) is 8.16. The van der Waals surface area contributed by atoms with Crippen molar-refractivity contribution in [2.24, 2.45) is 0 Å². The van der Waals surface area contributed by atoms with Gasteiger partial charge in [0, 0.05) is 6.07 Å². The average molecular weight is 188 g/mol. The number of hydrogen-bond acceptors (Lipinski definition) is 3. The second kappa shape index (κ2) is 3.30. The standard InChI is InChI=1S/C11H12N2O/c1-2-14-10-5-3-4-9(13-10)11(8-12)6-7-11/h3-5H,2,6-7H2,1H3. The highest BCUT2D eigenvalue weighted by Gasteiger charge is 2.46. The van der Waals surface area contributed by atoms with E-state index in [9.17, 15) is 0 Å². The molecule has 14 heavy (non-hydrogen) atoms. The first-order valence-corrected chi connectivity index (χ1v) is 4.82. The Balaban J connectivity index is 2.27. The second-order valence-corrected chi connectivity index (χ2v) is 3.49. The largest absolute Gasteiger partial charge is 0.478 e. The lowest BCUT2D eigenvalue weighted by atomic mass is 10.0. The highest BCUT2D eigenvalue weighted by Crippen LogP contribution is 2.46. The van der Waals surface area contributed by atoms with Crippen LogP contribution in [0, 0.1) is 11.3 Å². The van der Waals surface area contributed by atoms with E-state index in [1.54, 1.807) is 0 Å². The summed E-state index contributed by atoms with van der Waals surface area (Å²) < 4.78 is 5.29. The van der Waals surface area contributed by atoms with Crippen molar-refractivity contribution < 1.29 is 4.74 Å². The van der Waals surface area contributed by atoms with Gasteiger partial charge in [-0.2, -0.15) is 5.26 Å². The Kier molecular flexibility index (Phi) is 2.12. The van der Waals surface area contributed by atoms with Crippen LogP contribution in [0.25, 0.3) is 0 Å². The van der Waals surface area contributed by atoms with Crippen molar-refractivity contribution in [2.75, 3.05) is 6.61 Å². The quantitative estimate of drug-likeness (QED) is 0.729. The van der Waals surface area contributed by atoms with Gasteiger partial charge in [0.2, 0.25) is 5.88 Å². The maximum absolute atomic E-state index is 9.00. The molecule has 1 aliphatic carbocycles. The summed E-state index contributed by atoms with van der Waals surface area (Å²) in [6.45, 7) is 2.53. The Labute approximate surface area is 83.3 Å². The molecule has 0 aromatic carbocycles. The topological polar surface area (TPSA) is 45.9 Å². The van der Waals surface area contributed by atoms with Crippen LogP contribution in [-0.2, 0) is 5.41 Å². The molecule has 1 aromatic heterocycles. The van der Waals surface area contributed by atoms with Gasteiger partial charge < -0.3 is 4.74 Å². The number of nitriles is 1. The van der Waals surface area contributed by atoms with Gasteiger partial charge >= 0.3 is 0 Å². The van der Waals surface area contributed by atoms with Gasteiger partial charge in [-0.25, -0.2) is 4.98 Å². The first-order chi connectivity index (χ1) is 6.80. The maximum Gasteiger partial charge on any atom is 0.213 e. The van der Waals surface area contributed by atoms with E-state index in [0.717, 1.165) is 18.5 Å². The van der Waals surface area contributed by atoms with E-state index in [4.69, 9.17) is 10.00 Å². The van der Waals surface area contributed by atoms with E-state index in [1.165, 1.54) is 0 Å². The minimum Gasteiger partial charge on any atom is -0.478 e. The van der Waals surface area contributed by atoms with Gasteiger partial charge in [-0.3, -0.25) is 0 Å². The second-order valence-electron chi connectivity index (χ2n) is 3.49. The van der Waals surface area contributed by atoms with Crippen molar-refractivity contribution in [1.29, 1.82) is 5.26 Å². The molecule has 0 N–H and O–H groups in total. The molecule has 1 saturated carbocycles.